The van der Waals surface area contributed by atoms with Gasteiger partial charge in [0.15, 0.2) is 0 Å². The lowest BCUT2D eigenvalue weighted by Gasteiger charge is -2.20. The van der Waals surface area contributed by atoms with Crippen LogP contribution in [0.1, 0.15) is 62.0 Å². The van der Waals surface area contributed by atoms with Gasteiger partial charge in [0.2, 0.25) is 0 Å². The molecule has 0 aliphatic heterocycles. The second-order valence-corrected chi connectivity index (χ2v) is 6.44. The molecule has 1 unspecified atom stereocenters. The van der Waals surface area contributed by atoms with Crippen LogP contribution in [-0.2, 0) is 0 Å². The van der Waals surface area contributed by atoms with Crippen LogP contribution in [0.4, 0.5) is 0 Å². The largest absolute Gasteiger partial charge is 0.495 e. The van der Waals surface area contributed by atoms with Crippen molar-refractivity contribution in [2.24, 2.45) is 5.73 Å². The quantitative estimate of drug-likeness (QED) is 0.860. The SMILES string of the molecule is COc1c(Br)cc(C(C)CCN)cc1C1CCCC1. The smallest absolute Gasteiger partial charge is 0.136 e. The molecule has 0 amide bonds. The fraction of sp³-hybridized carbons (Fsp3) is 0.625. The van der Waals surface area contributed by atoms with Gasteiger partial charge in [-0.15, -0.1) is 0 Å². The lowest BCUT2D eigenvalue weighted by atomic mass is 9.90. The number of nitrogens with two attached hydrogens (primary N) is 1. The molecule has 0 saturated heterocycles. The number of benzene rings is 1. The number of rotatable bonds is 5. The Labute approximate surface area is 124 Å². The van der Waals surface area contributed by atoms with Gasteiger partial charge in [0.1, 0.15) is 5.75 Å². The van der Waals surface area contributed by atoms with Crippen molar-refractivity contribution in [1.82, 2.24) is 0 Å². The van der Waals surface area contributed by atoms with E-state index >= 15 is 0 Å². The van der Waals surface area contributed by atoms with E-state index in [0.717, 1.165) is 23.2 Å². The number of halogens is 1. The molecular weight excluding hydrogens is 302 g/mol. The van der Waals surface area contributed by atoms with Crippen molar-refractivity contribution < 1.29 is 4.74 Å². The van der Waals surface area contributed by atoms with E-state index < -0.39 is 0 Å². The summed E-state index contributed by atoms with van der Waals surface area (Å²) in [5, 5.41) is 0. The van der Waals surface area contributed by atoms with E-state index in [1.165, 1.54) is 36.8 Å². The van der Waals surface area contributed by atoms with Gasteiger partial charge >= 0.3 is 0 Å². The maximum absolute atomic E-state index is 5.68. The monoisotopic (exact) mass is 325 g/mol. The second-order valence-electron chi connectivity index (χ2n) is 5.58. The predicted molar refractivity (Wildman–Crippen MR) is 84.0 cm³/mol. The minimum atomic E-state index is 0.507. The molecule has 0 aromatic heterocycles. The summed E-state index contributed by atoms with van der Waals surface area (Å²) in [6.07, 6.45) is 6.29. The first-order valence-electron chi connectivity index (χ1n) is 7.24. The standard InChI is InChI=1S/C16H24BrNO/c1-11(7-8-18)13-9-14(12-5-3-4-6-12)16(19-2)15(17)10-13/h9-12H,3-8,18H2,1-2H3. The number of methoxy groups -OCH3 is 1. The van der Waals surface area contributed by atoms with Crippen LogP contribution in [0.2, 0.25) is 0 Å². The minimum Gasteiger partial charge on any atom is -0.495 e. The molecular formula is C16H24BrNO. The van der Waals surface area contributed by atoms with E-state index in [1.54, 1.807) is 7.11 Å². The molecule has 1 fully saturated rings. The Bertz CT molecular complexity index is 427. The maximum Gasteiger partial charge on any atom is 0.136 e. The van der Waals surface area contributed by atoms with Crippen LogP contribution in [0.15, 0.2) is 16.6 Å². The van der Waals surface area contributed by atoms with Crippen LogP contribution in [0.25, 0.3) is 0 Å². The Hall–Kier alpha value is -0.540. The van der Waals surface area contributed by atoms with E-state index in [9.17, 15) is 0 Å². The molecule has 1 atom stereocenters. The molecule has 106 valence electrons. The van der Waals surface area contributed by atoms with Gasteiger partial charge in [-0.25, -0.2) is 0 Å². The first kappa shape index (κ1) is 14.9. The average Bonchev–Trinajstić information content (AvgIpc) is 2.91. The molecule has 3 heteroatoms. The zero-order valence-electron chi connectivity index (χ0n) is 11.9. The Kier molecular flexibility index (Phi) is 5.28. The fourth-order valence-corrected chi connectivity index (χ4v) is 3.75. The Morgan fingerprint density at radius 3 is 2.63 bits per heavy atom. The van der Waals surface area contributed by atoms with Gasteiger partial charge in [-0.3, -0.25) is 0 Å². The van der Waals surface area contributed by atoms with Crippen molar-refractivity contribution in [2.45, 2.75) is 50.9 Å². The third-order valence-electron chi connectivity index (χ3n) is 4.26. The number of hydrogen-bond donors (Lipinski definition) is 1. The third-order valence-corrected chi connectivity index (χ3v) is 4.85. The van der Waals surface area contributed by atoms with Gasteiger partial charge in [0.25, 0.3) is 0 Å². The summed E-state index contributed by atoms with van der Waals surface area (Å²) in [5.41, 5.74) is 8.44. The summed E-state index contributed by atoms with van der Waals surface area (Å²) >= 11 is 3.67. The maximum atomic E-state index is 5.68. The molecule has 19 heavy (non-hydrogen) atoms. The van der Waals surface area contributed by atoms with E-state index in [2.05, 4.69) is 35.0 Å². The van der Waals surface area contributed by atoms with Gasteiger partial charge in [-0.1, -0.05) is 25.8 Å². The third kappa shape index (κ3) is 3.32. The summed E-state index contributed by atoms with van der Waals surface area (Å²) in [6.45, 7) is 2.99. The lowest BCUT2D eigenvalue weighted by Crippen LogP contribution is -2.06. The molecule has 2 N–H and O–H groups in total. The predicted octanol–water partition coefficient (Wildman–Crippen LogP) is 4.57. The highest BCUT2D eigenvalue weighted by atomic mass is 79.9. The molecule has 1 aliphatic rings. The van der Waals surface area contributed by atoms with Crippen LogP contribution in [-0.4, -0.2) is 13.7 Å². The normalized spacial score (nSPS) is 17.7. The zero-order valence-corrected chi connectivity index (χ0v) is 13.5. The van der Waals surface area contributed by atoms with Crippen molar-refractivity contribution >= 4 is 15.9 Å². The molecule has 2 nitrogen and oxygen atoms in total. The average molecular weight is 326 g/mol. The van der Waals surface area contributed by atoms with Gasteiger partial charge in [-0.2, -0.15) is 0 Å². The van der Waals surface area contributed by atoms with E-state index in [0.29, 0.717) is 11.8 Å². The van der Waals surface area contributed by atoms with E-state index in [-0.39, 0.29) is 0 Å². The number of ether oxygens (including phenoxy) is 1. The summed E-state index contributed by atoms with van der Waals surface area (Å²) in [6, 6.07) is 4.54. The fourth-order valence-electron chi connectivity index (χ4n) is 3.09. The highest BCUT2D eigenvalue weighted by Gasteiger charge is 2.23. The first-order valence-corrected chi connectivity index (χ1v) is 8.04. The van der Waals surface area contributed by atoms with Crippen molar-refractivity contribution in [3.8, 4) is 5.75 Å². The van der Waals surface area contributed by atoms with Crippen LogP contribution >= 0.6 is 15.9 Å². The Morgan fingerprint density at radius 1 is 1.37 bits per heavy atom. The molecule has 1 aliphatic carbocycles. The molecule has 0 bridgehead atoms. The summed E-state index contributed by atoms with van der Waals surface area (Å²) in [4.78, 5) is 0. The van der Waals surface area contributed by atoms with Crippen molar-refractivity contribution in [3.63, 3.8) is 0 Å². The van der Waals surface area contributed by atoms with Crippen molar-refractivity contribution in [2.75, 3.05) is 13.7 Å². The van der Waals surface area contributed by atoms with Crippen LogP contribution in [0.5, 0.6) is 5.75 Å². The molecule has 2 rings (SSSR count). The Balaban J connectivity index is 2.37. The molecule has 0 spiro atoms. The second kappa shape index (κ2) is 6.76. The van der Waals surface area contributed by atoms with Gasteiger partial charge < -0.3 is 10.5 Å². The van der Waals surface area contributed by atoms with Crippen molar-refractivity contribution in [1.29, 1.82) is 0 Å². The molecule has 1 aromatic carbocycles. The van der Waals surface area contributed by atoms with Crippen molar-refractivity contribution in [3.05, 3.63) is 27.7 Å². The van der Waals surface area contributed by atoms with E-state index in [1.807, 2.05) is 0 Å². The summed E-state index contributed by atoms with van der Waals surface area (Å²) in [7, 11) is 1.77. The number of hydrogen-bond acceptors (Lipinski definition) is 2. The molecule has 1 saturated carbocycles. The van der Waals surface area contributed by atoms with Crippen LogP contribution in [0.3, 0.4) is 0 Å². The zero-order chi connectivity index (χ0) is 13.8. The highest BCUT2D eigenvalue weighted by molar-refractivity contribution is 9.10. The van der Waals surface area contributed by atoms with Gasteiger partial charge in [0, 0.05) is 0 Å². The van der Waals surface area contributed by atoms with Gasteiger partial charge in [-0.05, 0) is 70.8 Å². The topological polar surface area (TPSA) is 35.2 Å². The first-order chi connectivity index (χ1) is 9.17. The molecule has 0 radical (unpaired) electrons. The minimum absolute atomic E-state index is 0.507. The van der Waals surface area contributed by atoms with Crippen LogP contribution in [0, 0.1) is 0 Å². The highest BCUT2D eigenvalue weighted by Crippen LogP contribution is 2.43. The van der Waals surface area contributed by atoms with Gasteiger partial charge in [0.05, 0.1) is 11.6 Å². The summed E-state index contributed by atoms with van der Waals surface area (Å²) < 4.78 is 6.69. The summed E-state index contributed by atoms with van der Waals surface area (Å²) in [5.74, 6) is 2.19. The Morgan fingerprint density at radius 2 is 2.05 bits per heavy atom. The van der Waals surface area contributed by atoms with Crippen LogP contribution < -0.4 is 10.5 Å². The molecule has 0 heterocycles. The van der Waals surface area contributed by atoms with E-state index in [4.69, 9.17) is 10.5 Å². The lowest BCUT2D eigenvalue weighted by molar-refractivity contribution is 0.402. The molecule has 1 aromatic rings.